The van der Waals surface area contributed by atoms with Gasteiger partial charge in [-0.1, -0.05) is 42.5 Å². The predicted octanol–water partition coefficient (Wildman–Crippen LogP) is 3.26. The quantitative estimate of drug-likeness (QED) is 0.378. The van der Waals surface area contributed by atoms with Crippen molar-refractivity contribution >= 4 is 27.5 Å². The molecular weight excluding hydrogens is 518 g/mol. The lowest BCUT2D eigenvalue weighted by molar-refractivity contribution is -0.116. The molecule has 0 bridgehead atoms. The van der Waals surface area contributed by atoms with E-state index in [2.05, 4.69) is 10.6 Å². The number of carbonyl (C=O) groups excluding carboxylic acids is 2. The molecule has 4 rings (SSSR count). The maximum absolute atomic E-state index is 13.1. The van der Waals surface area contributed by atoms with E-state index >= 15 is 0 Å². The van der Waals surface area contributed by atoms with E-state index in [4.69, 9.17) is 9.47 Å². The van der Waals surface area contributed by atoms with Crippen LogP contribution in [0.4, 0.5) is 5.69 Å². The first-order valence-corrected chi connectivity index (χ1v) is 14.3. The standard InChI is InChI=1S/C29H33N3O6S/c1-37-27-13-12-24(39(35,36)32-17-19-38-20-18-32)21-23(27)11-14-28(33)31-26-10-6-5-9-25(26)29(34)30-16-15-22-7-3-2-4-8-22/h2-10,12-13,21H,11,14-20H2,1H3,(H,30,34)(H,31,33). The Morgan fingerprint density at radius 3 is 2.41 bits per heavy atom. The van der Waals surface area contributed by atoms with Crippen molar-refractivity contribution < 1.29 is 27.5 Å². The molecule has 39 heavy (non-hydrogen) atoms. The van der Waals surface area contributed by atoms with Crippen LogP contribution in [-0.4, -0.2) is 64.5 Å². The number of morpholine rings is 1. The number of carbonyl (C=O) groups is 2. The molecule has 3 aromatic rings. The largest absolute Gasteiger partial charge is 0.496 e. The van der Waals surface area contributed by atoms with E-state index in [0.717, 1.165) is 5.56 Å². The fraction of sp³-hybridized carbons (Fsp3) is 0.310. The van der Waals surface area contributed by atoms with E-state index in [-0.39, 0.29) is 29.6 Å². The minimum Gasteiger partial charge on any atom is -0.496 e. The van der Waals surface area contributed by atoms with Gasteiger partial charge in [-0.15, -0.1) is 0 Å². The Morgan fingerprint density at radius 1 is 0.949 bits per heavy atom. The Balaban J connectivity index is 1.38. The van der Waals surface area contributed by atoms with Crippen molar-refractivity contribution in [2.75, 3.05) is 45.3 Å². The average Bonchev–Trinajstić information content (AvgIpc) is 2.97. The molecule has 0 saturated carbocycles. The third-order valence-corrected chi connectivity index (χ3v) is 8.36. The highest BCUT2D eigenvalue weighted by Crippen LogP contribution is 2.26. The zero-order valence-electron chi connectivity index (χ0n) is 21.9. The lowest BCUT2D eigenvalue weighted by atomic mass is 10.1. The average molecular weight is 552 g/mol. The Kier molecular flexibility index (Phi) is 9.69. The fourth-order valence-electron chi connectivity index (χ4n) is 4.36. The van der Waals surface area contributed by atoms with Crippen LogP contribution in [0.5, 0.6) is 5.75 Å². The first-order valence-electron chi connectivity index (χ1n) is 12.8. The Morgan fingerprint density at radius 2 is 1.67 bits per heavy atom. The van der Waals surface area contributed by atoms with Gasteiger partial charge >= 0.3 is 0 Å². The van der Waals surface area contributed by atoms with Crippen LogP contribution < -0.4 is 15.4 Å². The maximum atomic E-state index is 13.1. The van der Waals surface area contributed by atoms with Crippen molar-refractivity contribution in [3.63, 3.8) is 0 Å². The highest BCUT2D eigenvalue weighted by Gasteiger charge is 2.27. The van der Waals surface area contributed by atoms with Crippen molar-refractivity contribution in [2.24, 2.45) is 0 Å². The number of ether oxygens (including phenoxy) is 2. The van der Waals surface area contributed by atoms with Crippen LogP contribution in [-0.2, 0) is 32.4 Å². The molecule has 1 aliphatic rings. The summed E-state index contributed by atoms with van der Waals surface area (Å²) in [7, 11) is -2.18. The number of benzene rings is 3. The van der Waals surface area contributed by atoms with Crippen LogP contribution in [0, 0.1) is 0 Å². The van der Waals surface area contributed by atoms with Crippen LogP contribution in [0.3, 0.4) is 0 Å². The van der Waals surface area contributed by atoms with E-state index < -0.39 is 10.0 Å². The number of sulfonamides is 1. The van der Waals surface area contributed by atoms with Crippen LogP contribution in [0.1, 0.15) is 27.9 Å². The van der Waals surface area contributed by atoms with Gasteiger partial charge in [0.1, 0.15) is 5.75 Å². The lowest BCUT2D eigenvalue weighted by Gasteiger charge is -2.26. The molecule has 1 fully saturated rings. The van der Waals surface area contributed by atoms with Crippen molar-refractivity contribution in [3.8, 4) is 5.75 Å². The molecule has 2 amide bonds. The summed E-state index contributed by atoms with van der Waals surface area (Å²) in [5.41, 5.74) is 2.51. The number of nitrogens with one attached hydrogen (secondary N) is 2. The van der Waals surface area contributed by atoms with Gasteiger partial charge in [0.15, 0.2) is 0 Å². The first kappa shape index (κ1) is 28.3. The third kappa shape index (κ3) is 7.44. The maximum Gasteiger partial charge on any atom is 0.253 e. The Bertz CT molecular complexity index is 1390. The molecule has 1 saturated heterocycles. The van der Waals surface area contributed by atoms with Gasteiger partial charge in [0, 0.05) is 26.1 Å². The predicted molar refractivity (Wildman–Crippen MR) is 148 cm³/mol. The minimum absolute atomic E-state index is 0.0708. The van der Waals surface area contributed by atoms with Gasteiger partial charge in [-0.05, 0) is 54.3 Å². The summed E-state index contributed by atoms with van der Waals surface area (Å²) in [6, 6.07) is 21.4. The number of para-hydroxylation sites is 1. The monoisotopic (exact) mass is 551 g/mol. The Labute approximate surface area is 229 Å². The topological polar surface area (TPSA) is 114 Å². The highest BCUT2D eigenvalue weighted by atomic mass is 32.2. The van der Waals surface area contributed by atoms with Crippen LogP contribution in [0.25, 0.3) is 0 Å². The summed E-state index contributed by atoms with van der Waals surface area (Å²) in [6.45, 7) is 1.77. The second-order valence-electron chi connectivity index (χ2n) is 9.08. The van der Waals surface area contributed by atoms with E-state index in [0.29, 0.717) is 61.8 Å². The zero-order valence-corrected chi connectivity index (χ0v) is 22.7. The van der Waals surface area contributed by atoms with Crippen LogP contribution in [0.15, 0.2) is 77.7 Å². The fourth-order valence-corrected chi connectivity index (χ4v) is 5.82. The number of methoxy groups -OCH3 is 1. The summed E-state index contributed by atoms with van der Waals surface area (Å²) in [6.07, 6.45) is 1.03. The molecule has 0 spiro atoms. The summed E-state index contributed by atoms with van der Waals surface area (Å²) in [5, 5.41) is 5.73. The molecule has 206 valence electrons. The molecule has 9 nitrogen and oxygen atoms in total. The lowest BCUT2D eigenvalue weighted by Crippen LogP contribution is -2.40. The van der Waals surface area contributed by atoms with Crippen molar-refractivity contribution in [3.05, 3.63) is 89.5 Å². The smallest absolute Gasteiger partial charge is 0.253 e. The highest BCUT2D eigenvalue weighted by molar-refractivity contribution is 7.89. The third-order valence-electron chi connectivity index (χ3n) is 6.47. The van der Waals surface area contributed by atoms with Crippen molar-refractivity contribution in [1.29, 1.82) is 0 Å². The number of anilines is 1. The van der Waals surface area contributed by atoms with Crippen molar-refractivity contribution in [2.45, 2.75) is 24.2 Å². The van der Waals surface area contributed by atoms with Gasteiger partial charge in [0.25, 0.3) is 5.91 Å². The second-order valence-corrected chi connectivity index (χ2v) is 11.0. The molecule has 10 heteroatoms. The molecule has 0 atom stereocenters. The Hall–Kier alpha value is -3.73. The van der Waals surface area contributed by atoms with Gasteiger partial charge in [-0.25, -0.2) is 8.42 Å². The van der Waals surface area contributed by atoms with Gasteiger partial charge in [-0.2, -0.15) is 4.31 Å². The number of hydrogen-bond donors (Lipinski definition) is 2. The minimum atomic E-state index is -3.68. The normalized spacial score (nSPS) is 14.0. The van der Waals surface area contributed by atoms with E-state index in [9.17, 15) is 18.0 Å². The molecule has 0 unspecified atom stereocenters. The van der Waals surface area contributed by atoms with E-state index in [1.165, 1.54) is 17.5 Å². The van der Waals surface area contributed by atoms with E-state index in [1.807, 2.05) is 30.3 Å². The number of aryl methyl sites for hydroxylation is 1. The molecule has 0 radical (unpaired) electrons. The first-order chi connectivity index (χ1) is 18.9. The van der Waals surface area contributed by atoms with Gasteiger partial charge in [-0.3, -0.25) is 9.59 Å². The number of nitrogens with zero attached hydrogens (tertiary/aromatic N) is 1. The molecule has 2 N–H and O–H groups in total. The summed E-state index contributed by atoms with van der Waals surface area (Å²) in [4.78, 5) is 25.8. The molecule has 0 aliphatic carbocycles. The summed E-state index contributed by atoms with van der Waals surface area (Å²) in [5.74, 6) is -0.0746. The SMILES string of the molecule is COc1ccc(S(=O)(=O)N2CCOCC2)cc1CCC(=O)Nc1ccccc1C(=O)NCCc1ccccc1. The van der Waals surface area contributed by atoms with Crippen molar-refractivity contribution in [1.82, 2.24) is 9.62 Å². The van der Waals surface area contributed by atoms with Gasteiger partial charge in [0.05, 0.1) is 36.5 Å². The van der Waals surface area contributed by atoms with Gasteiger partial charge < -0.3 is 20.1 Å². The molecule has 1 aliphatic heterocycles. The van der Waals surface area contributed by atoms with Crippen LogP contribution >= 0.6 is 0 Å². The summed E-state index contributed by atoms with van der Waals surface area (Å²) < 4.78 is 38.3. The zero-order chi connectivity index (χ0) is 27.7. The van der Waals surface area contributed by atoms with E-state index in [1.54, 1.807) is 36.4 Å². The molecule has 1 heterocycles. The molecule has 3 aromatic carbocycles. The number of rotatable bonds is 11. The molecular formula is C29H33N3O6S. The number of hydrogen-bond acceptors (Lipinski definition) is 6. The second kappa shape index (κ2) is 13.4. The van der Waals surface area contributed by atoms with Crippen LogP contribution in [0.2, 0.25) is 0 Å². The van der Waals surface area contributed by atoms with Gasteiger partial charge in [0.2, 0.25) is 15.9 Å². The number of amides is 2. The molecule has 0 aromatic heterocycles. The summed E-state index contributed by atoms with van der Waals surface area (Å²) >= 11 is 0.